The van der Waals surface area contributed by atoms with Crippen molar-refractivity contribution in [3.8, 4) is 11.3 Å². The van der Waals surface area contributed by atoms with E-state index in [0.717, 1.165) is 5.56 Å². The molecule has 0 spiro atoms. The van der Waals surface area contributed by atoms with E-state index >= 15 is 0 Å². The van der Waals surface area contributed by atoms with Gasteiger partial charge in [-0.2, -0.15) is 0 Å². The zero-order valence-corrected chi connectivity index (χ0v) is 21.7. The van der Waals surface area contributed by atoms with E-state index in [1.807, 2.05) is 19.1 Å². The first kappa shape index (κ1) is 26.4. The molecule has 3 aromatic rings. The number of anilines is 2. The number of morpholine rings is 1. The van der Waals surface area contributed by atoms with Gasteiger partial charge < -0.3 is 15.4 Å². The minimum Gasteiger partial charge on any atom is -0.379 e. The normalized spacial score (nSPS) is 15.2. The van der Waals surface area contributed by atoms with Gasteiger partial charge in [-0.15, -0.1) is 0 Å². The van der Waals surface area contributed by atoms with Crippen LogP contribution in [0.15, 0.2) is 60.8 Å². The molecule has 1 unspecified atom stereocenters. The van der Waals surface area contributed by atoms with Crippen LogP contribution in [-0.4, -0.2) is 54.0 Å². The van der Waals surface area contributed by atoms with Crippen molar-refractivity contribution in [3.63, 3.8) is 0 Å². The molecule has 0 bridgehead atoms. The summed E-state index contributed by atoms with van der Waals surface area (Å²) in [4.78, 5) is 32.8. The van der Waals surface area contributed by atoms with Crippen molar-refractivity contribution in [2.45, 2.75) is 39.2 Å². The highest BCUT2D eigenvalue weighted by atomic mass is 19.1. The highest BCUT2D eigenvalue weighted by molar-refractivity contribution is 6.10. The molecule has 0 radical (unpaired) electrons. The van der Waals surface area contributed by atoms with Crippen molar-refractivity contribution in [3.05, 3.63) is 77.7 Å². The molecule has 1 aromatic heterocycles. The zero-order chi connectivity index (χ0) is 26.6. The number of carbonyl (C=O) groups excluding carboxylic acids is 2. The third kappa shape index (κ3) is 6.39. The fourth-order valence-corrected chi connectivity index (χ4v) is 4.17. The number of hydrogen-bond donors (Lipinski definition) is 2. The lowest BCUT2D eigenvalue weighted by Gasteiger charge is -2.31. The van der Waals surface area contributed by atoms with Crippen LogP contribution in [0.1, 0.15) is 43.6 Å². The number of ether oxygens (including phenoxy) is 1. The number of nitrogens with zero attached hydrogens (tertiary/aromatic N) is 2. The average Bonchev–Trinajstić information content (AvgIpc) is 2.89. The Balaban J connectivity index is 1.55. The van der Waals surface area contributed by atoms with Crippen LogP contribution >= 0.6 is 0 Å². The summed E-state index contributed by atoms with van der Waals surface area (Å²) in [6.45, 7) is 10.6. The minimum absolute atomic E-state index is 0.170. The molecular formula is C29H33FN4O3. The molecule has 2 N–H and O–H groups in total. The maximum Gasteiger partial charge on any atom is 0.257 e. The molecule has 2 aromatic carbocycles. The second-order valence-corrected chi connectivity index (χ2v) is 10.2. The molecule has 4 rings (SSSR count). The molecule has 1 atom stereocenters. The van der Waals surface area contributed by atoms with Gasteiger partial charge in [0.15, 0.2) is 0 Å². The molecule has 1 fully saturated rings. The van der Waals surface area contributed by atoms with Gasteiger partial charge in [0.05, 0.1) is 48.1 Å². The van der Waals surface area contributed by atoms with E-state index in [9.17, 15) is 14.0 Å². The summed E-state index contributed by atoms with van der Waals surface area (Å²) in [7, 11) is 0. The number of nitrogens with one attached hydrogen (secondary N) is 2. The summed E-state index contributed by atoms with van der Waals surface area (Å²) in [6.07, 6.45) is 1.49. The first-order valence-electron chi connectivity index (χ1n) is 12.4. The van der Waals surface area contributed by atoms with Gasteiger partial charge in [0.2, 0.25) is 5.91 Å². The Hall–Kier alpha value is -3.62. The minimum atomic E-state index is -0.379. The van der Waals surface area contributed by atoms with Gasteiger partial charge in [-0.1, -0.05) is 39.0 Å². The lowest BCUT2D eigenvalue weighted by Crippen LogP contribution is -2.47. The Morgan fingerprint density at radius 3 is 2.41 bits per heavy atom. The fourth-order valence-electron chi connectivity index (χ4n) is 4.17. The zero-order valence-electron chi connectivity index (χ0n) is 21.7. The van der Waals surface area contributed by atoms with Crippen LogP contribution in [0, 0.1) is 5.82 Å². The van der Waals surface area contributed by atoms with Gasteiger partial charge in [-0.25, -0.2) is 4.39 Å². The van der Waals surface area contributed by atoms with Crippen molar-refractivity contribution in [1.82, 2.24) is 9.88 Å². The van der Waals surface area contributed by atoms with E-state index in [-0.39, 0.29) is 29.1 Å². The second kappa shape index (κ2) is 11.2. The molecule has 37 heavy (non-hydrogen) atoms. The number of benzene rings is 2. The molecule has 1 saturated heterocycles. The highest BCUT2D eigenvalue weighted by Gasteiger charge is 2.25. The van der Waals surface area contributed by atoms with Crippen molar-refractivity contribution in [2.24, 2.45) is 0 Å². The maximum atomic E-state index is 14.1. The number of pyridine rings is 1. The van der Waals surface area contributed by atoms with Crippen LogP contribution in [0.4, 0.5) is 15.8 Å². The predicted molar refractivity (Wildman–Crippen MR) is 143 cm³/mol. The lowest BCUT2D eigenvalue weighted by atomic mass is 9.86. The van der Waals surface area contributed by atoms with Gasteiger partial charge in [-0.3, -0.25) is 19.5 Å². The number of aromatic nitrogens is 1. The monoisotopic (exact) mass is 504 g/mol. The summed E-state index contributed by atoms with van der Waals surface area (Å²) in [6, 6.07) is 14.8. The standard InChI is InChI=1S/C29H33FN4O3/c1-19(34-13-15-37-16-14-34)27(35)33-26-17-20(29(2,3)4)9-11-23(26)28(36)32-21-10-12-25(31-18-21)22-7-5-6-8-24(22)30/h5-12,17-19H,13-16H2,1-4H3,(H,32,36)(H,33,35). The van der Waals surface area contributed by atoms with Gasteiger partial charge in [0.25, 0.3) is 5.91 Å². The van der Waals surface area contributed by atoms with E-state index < -0.39 is 0 Å². The maximum absolute atomic E-state index is 14.1. The van der Waals surface area contributed by atoms with Crippen LogP contribution in [0.2, 0.25) is 0 Å². The Morgan fingerprint density at radius 2 is 1.76 bits per heavy atom. The Kier molecular flexibility index (Phi) is 8.00. The fraction of sp³-hybridized carbons (Fsp3) is 0.345. The van der Waals surface area contributed by atoms with Gasteiger partial charge in [-0.05, 0) is 54.3 Å². The van der Waals surface area contributed by atoms with Crippen LogP contribution in [0.3, 0.4) is 0 Å². The smallest absolute Gasteiger partial charge is 0.257 e. The third-order valence-corrected chi connectivity index (χ3v) is 6.53. The first-order chi connectivity index (χ1) is 17.6. The van der Waals surface area contributed by atoms with E-state index in [1.54, 1.807) is 36.4 Å². The molecular weight excluding hydrogens is 471 g/mol. The number of halogens is 1. The predicted octanol–water partition coefficient (Wildman–Crippen LogP) is 5.10. The second-order valence-electron chi connectivity index (χ2n) is 10.2. The Morgan fingerprint density at radius 1 is 1.03 bits per heavy atom. The van der Waals surface area contributed by atoms with E-state index in [2.05, 4.69) is 41.3 Å². The van der Waals surface area contributed by atoms with Gasteiger partial charge in [0.1, 0.15) is 5.82 Å². The SMILES string of the molecule is CC(C(=O)Nc1cc(C(C)(C)C)ccc1C(=O)Nc1ccc(-c2ccccc2F)nc1)N1CCOCC1. The first-order valence-corrected chi connectivity index (χ1v) is 12.4. The van der Waals surface area contributed by atoms with Crippen molar-refractivity contribution in [2.75, 3.05) is 36.9 Å². The Bertz CT molecular complexity index is 1260. The van der Waals surface area contributed by atoms with Crippen LogP contribution in [0.25, 0.3) is 11.3 Å². The highest BCUT2D eigenvalue weighted by Crippen LogP contribution is 2.29. The molecule has 2 heterocycles. The van der Waals surface area contributed by atoms with Gasteiger partial charge in [0, 0.05) is 18.7 Å². The topological polar surface area (TPSA) is 83.6 Å². The number of hydrogen-bond acceptors (Lipinski definition) is 5. The number of amides is 2. The molecule has 1 aliphatic rings. The molecule has 1 aliphatic heterocycles. The van der Waals surface area contributed by atoms with Crippen molar-refractivity contribution < 1.29 is 18.7 Å². The molecule has 7 nitrogen and oxygen atoms in total. The molecule has 8 heteroatoms. The lowest BCUT2D eigenvalue weighted by molar-refractivity contribution is -0.122. The number of carbonyl (C=O) groups is 2. The summed E-state index contributed by atoms with van der Waals surface area (Å²) in [5, 5.41) is 5.83. The van der Waals surface area contributed by atoms with Crippen molar-refractivity contribution >= 4 is 23.2 Å². The molecule has 194 valence electrons. The molecule has 0 saturated carbocycles. The summed E-state index contributed by atoms with van der Waals surface area (Å²) >= 11 is 0. The van der Waals surface area contributed by atoms with Crippen LogP contribution in [0.5, 0.6) is 0 Å². The van der Waals surface area contributed by atoms with Gasteiger partial charge >= 0.3 is 0 Å². The van der Waals surface area contributed by atoms with Crippen LogP contribution < -0.4 is 10.6 Å². The van der Waals surface area contributed by atoms with E-state index in [4.69, 9.17) is 4.74 Å². The summed E-state index contributed by atoms with van der Waals surface area (Å²) in [5.41, 5.74) is 2.93. The average molecular weight is 505 g/mol. The van der Waals surface area contributed by atoms with E-state index in [1.165, 1.54) is 12.3 Å². The Labute approximate surface area is 217 Å². The largest absolute Gasteiger partial charge is 0.379 e. The molecule has 0 aliphatic carbocycles. The quantitative estimate of drug-likeness (QED) is 0.488. The summed E-state index contributed by atoms with van der Waals surface area (Å²) < 4.78 is 19.5. The van der Waals surface area contributed by atoms with E-state index in [0.29, 0.717) is 54.5 Å². The number of rotatable bonds is 6. The molecule has 2 amide bonds. The van der Waals surface area contributed by atoms with Crippen molar-refractivity contribution in [1.29, 1.82) is 0 Å². The summed E-state index contributed by atoms with van der Waals surface area (Å²) in [5.74, 6) is -0.925. The van der Waals surface area contributed by atoms with Crippen LogP contribution in [-0.2, 0) is 14.9 Å². The third-order valence-electron chi connectivity index (χ3n) is 6.53.